The van der Waals surface area contributed by atoms with E-state index in [1.807, 2.05) is 13.0 Å². The number of amides is 2. The number of benzene rings is 1. The van der Waals surface area contributed by atoms with Crippen LogP contribution in [0, 0.1) is 0 Å². The first-order chi connectivity index (χ1) is 15.8. The number of hydrogen-bond donors (Lipinski definition) is 0. The summed E-state index contributed by atoms with van der Waals surface area (Å²) in [5, 5.41) is 0. The number of ether oxygens (including phenoxy) is 1. The standard InChI is InChI=1S/C23H32N4O5S/c1-4-25-10-12-26(13-11-25)33(30,31)18-7-9-21(32-5-2)19(14-18)17-6-8-20-23(29)24(3)16-22(28)27(20)15-17/h6-7,9,14,20H,4-5,8,10-13,15-16H2,1-3H3/t20-/m1/s1. The van der Waals surface area contributed by atoms with Gasteiger partial charge in [0, 0.05) is 45.3 Å². The Hall–Kier alpha value is -2.43. The summed E-state index contributed by atoms with van der Waals surface area (Å²) in [6, 6.07) is 4.43. The number of piperazine rings is 2. The number of carbonyl (C=O) groups is 2. The number of sulfonamides is 1. The van der Waals surface area contributed by atoms with Crippen LogP contribution in [0.2, 0.25) is 0 Å². The number of hydrogen-bond acceptors (Lipinski definition) is 6. The molecule has 2 saturated heterocycles. The minimum absolute atomic E-state index is 0.0546. The molecule has 33 heavy (non-hydrogen) atoms. The third-order valence-corrected chi connectivity index (χ3v) is 8.57. The van der Waals surface area contributed by atoms with Gasteiger partial charge >= 0.3 is 0 Å². The molecular formula is C23H32N4O5S. The fourth-order valence-corrected chi connectivity index (χ4v) is 6.14. The molecule has 180 valence electrons. The average Bonchev–Trinajstić information content (AvgIpc) is 2.82. The van der Waals surface area contributed by atoms with Gasteiger partial charge in [-0.25, -0.2) is 8.42 Å². The fourth-order valence-electron chi connectivity index (χ4n) is 4.69. The highest BCUT2D eigenvalue weighted by Crippen LogP contribution is 2.35. The minimum Gasteiger partial charge on any atom is -0.493 e. The van der Waals surface area contributed by atoms with Crippen LogP contribution in [-0.4, -0.2) is 105 Å². The lowest BCUT2D eigenvalue weighted by molar-refractivity contribution is -0.153. The number of rotatable bonds is 6. The first-order valence-electron chi connectivity index (χ1n) is 11.5. The van der Waals surface area contributed by atoms with Crippen molar-refractivity contribution in [2.45, 2.75) is 31.2 Å². The van der Waals surface area contributed by atoms with Gasteiger partial charge < -0.3 is 19.4 Å². The van der Waals surface area contributed by atoms with Crippen LogP contribution in [-0.2, 0) is 19.6 Å². The molecule has 0 spiro atoms. The molecule has 3 heterocycles. The summed E-state index contributed by atoms with van der Waals surface area (Å²) in [4.78, 5) is 30.6. The quantitative estimate of drug-likeness (QED) is 0.605. The van der Waals surface area contributed by atoms with Crippen LogP contribution in [0.5, 0.6) is 5.75 Å². The number of fused-ring (bicyclic) bond motifs is 1. The van der Waals surface area contributed by atoms with Gasteiger partial charge in [-0.2, -0.15) is 4.31 Å². The van der Waals surface area contributed by atoms with Crippen molar-refractivity contribution in [2.24, 2.45) is 0 Å². The maximum Gasteiger partial charge on any atom is 0.245 e. The summed E-state index contributed by atoms with van der Waals surface area (Å²) >= 11 is 0. The van der Waals surface area contributed by atoms with E-state index < -0.39 is 16.1 Å². The smallest absolute Gasteiger partial charge is 0.245 e. The van der Waals surface area contributed by atoms with Crippen molar-refractivity contribution in [3.63, 3.8) is 0 Å². The Morgan fingerprint density at radius 3 is 2.45 bits per heavy atom. The number of likely N-dealkylation sites (N-methyl/N-ethyl adjacent to an activating group) is 2. The third-order valence-electron chi connectivity index (χ3n) is 6.67. The van der Waals surface area contributed by atoms with Crippen molar-refractivity contribution >= 4 is 27.4 Å². The maximum atomic E-state index is 13.4. The maximum absolute atomic E-state index is 13.4. The molecule has 0 aromatic heterocycles. The van der Waals surface area contributed by atoms with E-state index in [0.717, 1.165) is 12.1 Å². The molecule has 0 aliphatic carbocycles. The van der Waals surface area contributed by atoms with E-state index in [4.69, 9.17) is 4.74 Å². The highest BCUT2D eigenvalue weighted by atomic mass is 32.2. The van der Waals surface area contributed by atoms with Crippen LogP contribution in [0.1, 0.15) is 25.8 Å². The van der Waals surface area contributed by atoms with Crippen LogP contribution >= 0.6 is 0 Å². The Morgan fingerprint density at radius 1 is 1.06 bits per heavy atom. The first kappa shape index (κ1) is 23.7. The summed E-state index contributed by atoms with van der Waals surface area (Å²) in [5.41, 5.74) is 1.45. The van der Waals surface area contributed by atoms with Gasteiger partial charge in [-0.15, -0.1) is 0 Å². The van der Waals surface area contributed by atoms with Crippen molar-refractivity contribution in [1.82, 2.24) is 19.0 Å². The number of nitrogens with zero attached hydrogens (tertiary/aromatic N) is 4. The topological polar surface area (TPSA) is 90.5 Å². The molecule has 0 N–H and O–H groups in total. The normalized spacial score (nSPS) is 22.9. The summed E-state index contributed by atoms with van der Waals surface area (Å²) < 4.78 is 34.1. The van der Waals surface area contributed by atoms with Gasteiger partial charge in [-0.3, -0.25) is 9.59 Å². The SMILES string of the molecule is CCOc1ccc(S(=O)(=O)N2CCN(CC)CC2)cc1C1=CC[C@@H]2C(=O)N(C)CC(=O)N2C1. The van der Waals surface area contributed by atoms with Gasteiger partial charge in [0.15, 0.2) is 0 Å². The summed E-state index contributed by atoms with van der Waals surface area (Å²) in [6.45, 7) is 7.93. The molecule has 1 aromatic carbocycles. The van der Waals surface area contributed by atoms with Crippen LogP contribution < -0.4 is 4.74 Å². The predicted octanol–water partition coefficient (Wildman–Crippen LogP) is 0.868. The van der Waals surface area contributed by atoms with Crippen molar-refractivity contribution in [1.29, 1.82) is 0 Å². The zero-order valence-electron chi connectivity index (χ0n) is 19.5. The van der Waals surface area contributed by atoms with Crippen molar-refractivity contribution in [3.05, 3.63) is 29.8 Å². The Labute approximate surface area is 195 Å². The van der Waals surface area contributed by atoms with E-state index in [1.54, 1.807) is 30.1 Å². The van der Waals surface area contributed by atoms with Gasteiger partial charge in [0.2, 0.25) is 21.8 Å². The number of carbonyl (C=O) groups excluding carboxylic acids is 2. The zero-order valence-corrected chi connectivity index (χ0v) is 20.3. The highest BCUT2D eigenvalue weighted by molar-refractivity contribution is 7.89. The van der Waals surface area contributed by atoms with E-state index in [1.165, 1.54) is 9.21 Å². The van der Waals surface area contributed by atoms with Crippen LogP contribution in [0.25, 0.3) is 5.57 Å². The van der Waals surface area contributed by atoms with Crippen molar-refractivity contribution in [2.75, 3.05) is 59.5 Å². The molecule has 0 unspecified atom stereocenters. The first-order valence-corrected chi connectivity index (χ1v) is 12.9. The lowest BCUT2D eigenvalue weighted by atomic mass is 9.94. The molecule has 2 amide bonds. The molecule has 3 aliphatic rings. The van der Waals surface area contributed by atoms with E-state index in [9.17, 15) is 18.0 Å². The lowest BCUT2D eigenvalue weighted by Crippen LogP contribution is -2.59. The molecule has 4 rings (SSSR count). The van der Waals surface area contributed by atoms with Gasteiger partial charge in [0.05, 0.1) is 18.0 Å². The molecule has 0 bridgehead atoms. The Bertz CT molecular complexity index is 1060. The molecule has 0 saturated carbocycles. The van der Waals surface area contributed by atoms with Crippen LogP contribution in [0.15, 0.2) is 29.2 Å². The highest BCUT2D eigenvalue weighted by Gasteiger charge is 2.40. The molecule has 1 aromatic rings. The third kappa shape index (κ3) is 4.51. The van der Waals surface area contributed by atoms with Gasteiger partial charge in [0.25, 0.3) is 0 Å². The van der Waals surface area contributed by atoms with Gasteiger partial charge in [-0.1, -0.05) is 13.0 Å². The van der Waals surface area contributed by atoms with E-state index >= 15 is 0 Å². The Kier molecular flexibility index (Phi) is 6.78. The van der Waals surface area contributed by atoms with Gasteiger partial charge in [-0.05, 0) is 43.7 Å². The van der Waals surface area contributed by atoms with Gasteiger partial charge in [0.1, 0.15) is 11.8 Å². The second kappa shape index (κ2) is 9.44. The van der Waals surface area contributed by atoms with E-state index in [-0.39, 0.29) is 29.8 Å². The monoisotopic (exact) mass is 476 g/mol. The van der Waals surface area contributed by atoms with Crippen molar-refractivity contribution < 1.29 is 22.7 Å². The minimum atomic E-state index is -3.65. The molecule has 3 aliphatic heterocycles. The molecule has 9 nitrogen and oxygen atoms in total. The predicted molar refractivity (Wildman–Crippen MR) is 124 cm³/mol. The summed E-state index contributed by atoms with van der Waals surface area (Å²) in [6.07, 6.45) is 2.32. The lowest BCUT2D eigenvalue weighted by Gasteiger charge is -2.41. The second-order valence-electron chi connectivity index (χ2n) is 8.63. The van der Waals surface area contributed by atoms with E-state index in [0.29, 0.717) is 50.5 Å². The van der Waals surface area contributed by atoms with E-state index in [2.05, 4.69) is 11.8 Å². The molecular weight excluding hydrogens is 444 g/mol. The van der Waals surface area contributed by atoms with Crippen LogP contribution in [0.3, 0.4) is 0 Å². The fraction of sp³-hybridized carbons (Fsp3) is 0.565. The second-order valence-corrected chi connectivity index (χ2v) is 10.6. The largest absolute Gasteiger partial charge is 0.493 e. The molecule has 0 radical (unpaired) electrons. The van der Waals surface area contributed by atoms with Crippen LogP contribution in [0.4, 0.5) is 0 Å². The van der Waals surface area contributed by atoms with Crippen molar-refractivity contribution in [3.8, 4) is 5.75 Å². The zero-order chi connectivity index (χ0) is 23.8. The molecule has 10 heteroatoms. The Balaban J connectivity index is 1.66. The summed E-state index contributed by atoms with van der Waals surface area (Å²) in [7, 11) is -2.02. The average molecular weight is 477 g/mol. The molecule has 1 atom stereocenters. The molecule has 2 fully saturated rings. The Morgan fingerprint density at radius 2 is 1.79 bits per heavy atom. The summed E-state index contributed by atoms with van der Waals surface area (Å²) in [5.74, 6) is 0.394.